The van der Waals surface area contributed by atoms with Crippen LogP contribution >= 0.6 is 0 Å². The lowest BCUT2D eigenvalue weighted by molar-refractivity contribution is -0.166. The van der Waals surface area contributed by atoms with Crippen LogP contribution in [0.3, 0.4) is 0 Å². The molecule has 0 aromatic heterocycles. The van der Waals surface area contributed by atoms with Crippen LogP contribution in [0, 0.1) is 11.3 Å². The molecule has 0 N–H and O–H groups in total. The monoisotopic (exact) mass is 410 g/mol. The van der Waals surface area contributed by atoms with Gasteiger partial charge >= 0.3 is 12.1 Å². The first kappa shape index (κ1) is 18.4. The summed E-state index contributed by atoms with van der Waals surface area (Å²) in [6, 6.07) is 7.75. The summed E-state index contributed by atoms with van der Waals surface area (Å²) in [6.07, 6.45) is 3.28. The molecular weight excluding hydrogens is 384 g/mol. The van der Waals surface area contributed by atoms with Crippen LogP contribution in [0.2, 0.25) is 0 Å². The fraction of sp³-hybridized carbons (Fsp3) is 0.609. The number of carbonyl (C=O) groups excluding carboxylic acids is 3. The smallest absolute Gasteiger partial charge is 0.415 e. The second-order valence-electron chi connectivity index (χ2n) is 9.60. The summed E-state index contributed by atoms with van der Waals surface area (Å²) in [4.78, 5) is 44.5. The maximum atomic E-state index is 13.7. The van der Waals surface area contributed by atoms with E-state index in [1.165, 1.54) is 19.1 Å². The van der Waals surface area contributed by atoms with Gasteiger partial charge in [-0.2, -0.15) is 0 Å². The molecule has 0 radical (unpaired) electrons. The SMILES string of the molecule is COC(=O)N1c2ccccc2[C@]23C4CN5CCC[C@@](CC[C@@]12C(=O)OC)(CC4=O)[C@@H]53. The van der Waals surface area contributed by atoms with Crippen molar-refractivity contribution in [2.24, 2.45) is 11.3 Å². The molecule has 5 aliphatic rings. The van der Waals surface area contributed by atoms with Crippen molar-refractivity contribution in [3.8, 4) is 0 Å². The molecule has 158 valence electrons. The number of para-hydroxylation sites is 1. The number of hydrogen-bond acceptors (Lipinski definition) is 6. The van der Waals surface area contributed by atoms with E-state index >= 15 is 0 Å². The molecule has 2 aliphatic carbocycles. The molecule has 1 aromatic rings. The lowest BCUT2D eigenvalue weighted by Gasteiger charge is -2.64. The second-order valence-corrected chi connectivity index (χ2v) is 9.60. The highest BCUT2D eigenvalue weighted by atomic mass is 16.5. The van der Waals surface area contributed by atoms with Gasteiger partial charge < -0.3 is 9.47 Å². The quantitative estimate of drug-likeness (QED) is 0.661. The number of piperidine rings is 1. The molecule has 1 unspecified atom stereocenters. The normalized spacial score (nSPS) is 40.6. The predicted octanol–water partition coefficient (Wildman–Crippen LogP) is 2.27. The zero-order valence-corrected chi connectivity index (χ0v) is 17.3. The molecule has 6 rings (SSSR count). The highest BCUT2D eigenvalue weighted by Crippen LogP contribution is 2.73. The fourth-order valence-electron chi connectivity index (χ4n) is 8.29. The van der Waals surface area contributed by atoms with E-state index in [1.54, 1.807) is 0 Å². The topological polar surface area (TPSA) is 76.2 Å². The summed E-state index contributed by atoms with van der Waals surface area (Å²) in [6.45, 7) is 1.57. The molecule has 4 bridgehead atoms. The maximum Gasteiger partial charge on any atom is 0.415 e. The van der Waals surface area contributed by atoms with Gasteiger partial charge in [-0.1, -0.05) is 18.2 Å². The number of nitrogens with zero attached hydrogens (tertiary/aromatic N) is 2. The first-order valence-corrected chi connectivity index (χ1v) is 10.8. The molecular formula is C23H26N2O5. The highest BCUT2D eigenvalue weighted by molar-refractivity contribution is 6.07. The minimum Gasteiger partial charge on any atom is -0.467 e. The molecule has 2 saturated carbocycles. The van der Waals surface area contributed by atoms with Gasteiger partial charge in [-0.25, -0.2) is 9.59 Å². The molecule has 7 nitrogen and oxygen atoms in total. The summed E-state index contributed by atoms with van der Waals surface area (Å²) < 4.78 is 10.6. The summed E-state index contributed by atoms with van der Waals surface area (Å²) in [5, 5.41) is 0. The molecule has 30 heavy (non-hydrogen) atoms. The molecule has 3 aliphatic heterocycles. The van der Waals surface area contributed by atoms with Gasteiger partial charge in [-0.3, -0.25) is 14.6 Å². The Morgan fingerprint density at radius 1 is 1.10 bits per heavy atom. The lowest BCUT2D eigenvalue weighted by atomic mass is 9.41. The van der Waals surface area contributed by atoms with Crippen LogP contribution in [0.25, 0.3) is 0 Å². The maximum absolute atomic E-state index is 13.7. The van der Waals surface area contributed by atoms with Crippen molar-refractivity contribution >= 4 is 23.5 Å². The number of carbonyl (C=O) groups is 3. The van der Waals surface area contributed by atoms with Crippen LogP contribution in [-0.4, -0.2) is 61.6 Å². The largest absolute Gasteiger partial charge is 0.467 e. The Morgan fingerprint density at radius 2 is 1.90 bits per heavy atom. The van der Waals surface area contributed by atoms with Crippen LogP contribution in [-0.2, 0) is 24.5 Å². The number of amides is 1. The molecule has 2 saturated heterocycles. The van der Waals surface area contributed by atoms with Crippen molar-refractivity contribution in [1.29, 1.82) is 0 Å². The summed E-state index contributed by atoms with van der Waals surface area (Å²) in [5.41, 5.74) is -0.590. The van der Waals surface area contributed by atoms with Crippen molar-refractivity contribution in [2.75, 3.05) is 32.2 Å². The summed E-state index contributed by atoms with van der Waals surface area (Å²) in [5.74, 6) is -0.543. The van der Waals surface area contributed by atoms with E-state index in [0.717, 1.165) is 31.4 Å². The van der Waals surface area contributed by atoms with Crippen LogP contribution in [0.1, 0.15) is 37.7 Å². The van der Waals surface area contributed by atoms with Crippen molar-refractivity contribution < 1.29 is 23.9 Å². The number of ether oxygens (including phenoxy) is 2. The number of anilines is 1. The van der Waals surface area contributed by atoms with Crippen molar-refractivity contribution in [3.05, 3.63) is 29.8 Å². The van der Waals surface area contributed by atoms with E-state index in [0.29, 0.717) is 25.1 Å². The molecule has 1 aromatic carbocycles. The Bertz CT molecular complexity index is 994. The van der Waals surface area contributed by atoms with Crippen molar-refractivity contribution in [2.45, 2.75) is 49.1 Å². The van der Waals surface area contributed by atoms with Crippen molar-refractivity contribution in [1.82, 2.24) is 4.90 Å². The Hall–Kier alpha value is -2.41. The minimum atomic E-state index is -1.26. The van der Waals surface area contributed by atoms with Gasteiger partial charge in [0, 0.05) is 24.9 Å². The number of methoxy groups -OCH3 is 2. The third-order valence-corrected chi connectivity index (χ3v) is 8.90. The van der Waals surface area contributed by atoms with E-state index in [-0.39, 0.29) is 23.2 Å². The summed E-state index contributed by atoms with van der Waals surface area (Å²) >= 11 is 0. The Kier molecular flexibility index (Phi) is 3.45. The zero-order valence-electron chi connectivity index (χ0n) is 17.3. The molecule has 4 fully saturated rings. The van der Waals surface area contributed by atoms with E-state index in [2.05, 4.69) is 4.90 Å². The number of rotatable bonds is 1. The second kappa shape index (κ2) is 5.63. The number of hydrogen-bond donors (Lipinski definition) is 0. The van der Waals surface area contributed by atoms with Crippen molar-refractivity contribution in [3.63, 3.8) is 0 Å². The zero-order chi connectivity index (χ0) is 20.9. The summed E-state index contributed by atoms with van der Waals surface area (Å²) in [7, 11) is 2.71. The van der Waals surface area contributed by atoms with Crippen LogP contribution < -0.4 is 4.90 Å². The van der Waals surface area contributed by atoms with Crippen LogP contribution in [0.5, 0.6) is 0 Å². The van der Waals surface area contributed by atoms with Crippen LogP contribution in [0.4, 0.5) is 10.5 Å². The van der Waals surface area contributed by atoms with Gasteiger partial charge in [0.25, 0.3) is 0 Å². The average Bonchev–Trinajstić information content (AvgIpc) is 3.23. The Morgan fingerprint density at radius 3 is 2.67 bits per heavy atom. The van der Waals surface area contributed by atoms with E-state index < -0.39 is 23.0 Å². The first-order valence-electron chi connectivity index (χ1n) is 10.8. The van der Waals surface area contributed by atoms with E-state index in [9.17, 15) is 14.4 Å². The highest BCUT2D eigenvalue weighted by Gasteiger charge is 2.84. The first-order chi connectivity index (χ1) is 14.5. The lowest BCUT2D eigenvalue weighted by Crippen LogP contribution is -2.78. The molecule has 5 atom stereocenters. The van der Waals surface area contributed by atoms with Gasteiger partial charge in [0.1, 0.15) is 5.78 Å². The Balaban J connectivity index is 1.74. The number of ketones is 1. The van der Waals surface area contributed by atoms with Crippen LogP contribution in [0.15, 0.2) is 24.3 Å². The number of Topliss-reactive ketones (excluding diaryl/α,β-unsaturated/α-hetero) is 1. The standard InChI is InChI=1S/C23H26N2O5/c1-29-19(27)22-10-9-21-8-5-11-24-13-15(17(26)12-21)23(22,18(21)24)14-6-3-4-7-16(14)25(22)20(28)30-2/h3-4,6-7,15,18H,5,8-13H2,1-2H3/t15?,18-,21-,22+,23-/m1/s1. The molecule has 3 heterocycles. The molecule has 1 amide bonds. The molecule has 1 spiro atoms. The Labute approximate surface area is 175 Å². The third kappa shape index (κ3) is 1.66. The van der Waals surface area contributed by atoms with Gasteiger partial charge in [0.05, 0.1) is 25.3 Å². The predicted molar refractivity (Wildman–Crippen MR) is 107 cm³/mol. The number of esters is 1. The van der Waals surface area contributed by atoms with Gasteiger partial charge in [0.15, 0.2) is 5.54 Å². The van der Waals surface area contributed by atoms with E-state index in [1.807, 2.05) is 24.3 Å². The van der Waals surface area contributed by atoms with Gasteiger partial charge in [0.2, 0.25) is 0 Å². The number of fused-ring (bicyclic) bond motifs is 1. The van der Waals surface area contributed by atoms with Gasteiger partial charge in [-0.15, -0.1) is 0 Å². The fourth-order valence-corrected chi connectivity index (χ4v) is 8.29. The van der Waals surface area contributed by atoms with E-state index in [4.69, 9.17) is 9.47 Å². The number of benzene rings is 1. The molecule has 7 heteroatoms. The average molecular weight is 410 g/mol. The third-order valence-electron chi connectivity index (χ3n) is 8.90. The van der Waals surface area contributed by atoms with Gasteiger partial charge in [-0.05, 0) is 49.3 Å². The minimum absolute atomic E-state index is 0.0464.